The first-order valence-electron chi connectivity index (χ1n) is 4.05. The fraction of sp³-hybridized carbons (Fsp3) is 0.300. The smallest absolute Gasteiger partial charge is 0.280 e. The molecule has 76 valence electrons. The molecule has 1 nitrogen and oxygen atoms in total. The molecule has 0 amide bonds. The molecule has 1 rings (SSSR count). The van der Waals surface area contributed by atoms with Crippen LogP contribution in [0.5, 0.6) is 0 Å². The van der Waals surface area contributed by atoms with Crippen molar-refractivity contribution in [3.8, 4) is 0 Å². The molecular weight excluding hydrogens is 254 g/mol. The Morgan fingerprint density at radius 1 is 1.50 bits per heavy atom. The highest BCUT2D eigenvalue weighted by atomic mass is 79.9. The van der Waals surface area contributed by atoms with Gasteiger partial charge in [0.25, 0.3) is 5.92 Å². The monoisotopic (exact) mass is 262 g/mol. The molecule has 0 heterocycles. The molecule has 0 saturated carbocycles. The molecule has 0 aliphatic heterocycles. The lowest BCUT2D eigenvalue weighted by Crippen LogP contribution is -2.17. The summed E-state index contributed by atoms with van der Waals surface area (Å²) in [7, 11) is 0. The van der Waals surface area contributed by atoms with Crippen LogP contribution in [0.25, 0.3) is 0 Å². The first-order valence-corrected chi connectivity index (χ1v) is 4.84. The largest absolute Gasteiger partial charge is 0.300 e. The maximum Gasteiger partial charge on any atom is 0.280 e. The zero-order chi connectivity index (χ0) is 10.8. The van der Waals surface area contributed by atoms with Crippen molar-refractivity contribution in [3.05, 3.63) is 34.3 Å². The molecule has 1 aromatic carbocycles. The SMILES string of the molecule is CC(=O)CC(F)(F)c1cccc(Br)c1. The van der Waals surface area contributed by atoms with E-state index in [2.05, 4.69) is 15.9 Å². The third kappa shape index (κ3) is 2.87. The van der Waals surface area contributed by atoms with Gasteiger partial charge in [-0.3, -0.25) is 4.79 Å². The highest BCUT2D eigenvalue weighted by Crippen LogP contribution is 2.32. The summed E-state index contributed by atoms with van der Waals surface area (Å²) < 4.78 is 27.3. The Morgan fingerprint density at radius 2 is 2.14 bits per heavy atom. The third-order valence-corrected chi connectivity index (χ3v) is 2.21. The number of rotatable bonds is 3. The van der Waals surface area contributed by atoms with Crippen molar-refractivity contribution in [2.45, 2.75) is 19.3 Å². The second kappa shape index (κ2) is 4.17. The Balaban J connectivity index is 2.97. The van der Waals surface area contributed by atoms with Gasteiger partial charge in [0.1, 0.15) is 5.78 Å². The molecule has 1 aromatic rings. The number of carbonyl (C=O) groups is 1. The summed E-state index contributed by atoms with van der Waals surface area (Å²) in [5.74, 6) is -3.59. The Bertz CT molecular complexity index is 350. The maximum atomic E-state index is 13.3. The van der Waals surface area contributed by atoms with E-state index in [-0.39, 0.29) is 5.56 Å². The molecule has 14 heavy (non-hydrogen) atoms. The molecule has 0 spiro atoms. The van der Waals surface area contributed by atoms with Crippen molar-refractivity contribution in [3.63, 3.8) is 0 Å². The van der Waals surface area contributed by atoms with Crippen LogP contribution >= 0.6 is 15.9 Å². The normalized spacial score (nSPS) is 11.4. The predicted molar refractivity (Wildman–Crippen MR) is 53.3 cm³/mol. The summed E-state index contributed by atoms with van der Waals surface area (Å²) >= 11 is 3.10. The number of hydrogen-bond acceptors (Lipinski definition) is 1. The van der Waals surface area contributed by atoms with Gasteiger partial charge in [-0.2, -0.15) is 0 Å². The fourth-order valence-corrected chi connectivity index (χ4v) is 1.53. The highest BCUT2D eigenvalue weighted by Gasteiger charge is 2.32. The van der Waals surface area contributed by atoms with Crippen molar-refractivity contribution in [1.82, 2.24) is 0 Å². The van der Waals surface area contributed by atoms with Crippen molar-refractivity contribution in [1.29, 1.82) is 0 Å². The van der Waals surface area contributed by atoms with Crippen LogP contribution < -0.4 is 0 Å². The molecule has 0 unspecified atom stereocenters. The zero-order valence-electron chi connectivity index (χ0n) is 7.56. The van der Waals surface area contributed by atoms with Crippen LogP contribution in [0.15, 0.2) is 28.7 Å². The number of benzene rings is 1. The van der Waals surface area contributed by atoms with Gasteiger partial charge in [0.05, 0.1) is 6.42 Å². The zero-order valence-corrected chi connectivity index (χ0v) is 9.14. The van der Waals surface area contributed by atoms with E-state index < -0.39 is 18.1 Å². The number of ketones is 1. The van der Waals surface area contributed by atoms with E-state index in [0.29, 0.717) is 4.47 Å². The molecule has 0 aromatic heterocycles. The molecule has 0 fully saturated rings. The first-order chi connectivity index (χ1) is 6.42. The molecular formula is C10H9BrF2O. The standard InChI is InChI=1S/C10H9BrF2O/c1-7(14)6-10(12,13)8-3-2-4-9(11)5-8/h2-5H,6H2,1H3. The Morgan fingerprint density at radius 3 is 2.64 bits per heavy atom. The summed E-state index contributed by atoms with van der Waals surface area (Å²) in [5.41, 5.74) is -0.137. The van der Waals surface area contributed by atoms with Crippen molar-refractivity contribution in [2.24, 2.45) is 0 Å². The van der Waals surface area contributed by atoms with E-state index in [1.165, 1.54) is 18.2 Å². The molecule has 0 saturated heterocycles. The van der Waals surface area contributed by atoms with Crippen LogP contribution in [-0.4, -0.2) is 5.78 Å². The van der Waals surface area contributed by atoms with Gasteiger partial charge < -0.3 is 0 Å². The Labute approximate surface area is 89.3 Å². The Hall–Kier alpha value is -0.770. The fourth-order valence-electron chi connectivity index (χ4n) is 1.13. The van der Waals surface area contributed by atoms with E-state index in [1.807, 2.05) is 0 Å². The topological polar surface area (TPSA) is 17.1 Å². The summed E-state index contributed by atoms with van der Waals surface area (Å²) in [4.78, 5) is 10.6. The van der Waals surface area contributed by atoms with Gasteiger partial charge in [0.15, 0.2) is 0 Å². The molecule has 0 aliphatic carbocycles. The van der Waals surface area contributed by atoms with E-state index in [1.54, 1.807) is 6.07 Å². The first kappa shape index (κ1) is 11.3. The number of Topliss-reactive ketones (excluding diaryl/α,β-unsaturated/α-hetero) is 1. The minimum Gasteiger partial charge on any atom is -0.300 e. The van der Waals surface area contributed by atoms with Crippen molar-refractivity contribution < 1.29 is 13.6 Å². The number of alkyl halides is 2. The van der Waals surface area contributed by atoms with E-state index >= 15 is 0 Å². The average Bonchev–Trinajstić information content (AvgIpc) is 2.01. The lowest BCUT2D eigenvalue weighted by atomic mass is 10.0. The summed E-state index contributed by atoms with van der Waals surface area (Å²) in [5, 5.41) is 0. The summed E-state index contributed by atoms with van der Waals surface area (Å²) in [6.07, 6.45) is -0.747. The summed E-state index contributed by atoms with van der Waals surface area (Å²) in [6, 6.07) is 5.82. The predicted octanol–water partition coefficient (Wildman–Crippen LogP) is 3.52. The van der Waals surface area contributed by atoms with Crippen molar-refractivity contribution in [2.75, 3.05) is 0 Å². The van der Waals surface area contributed by atoms with Gasteiger partial charge in [-0.05, 0) is 19.1 Å². The molecule has 0 atom stereocenters. The second-order valence-corrected chi connectivity index (χ2v) is 4.01. The van der Waals surface area contributed by atoms with Gasteiger partial charge in [-0.15, -0.1) is 0 Å². The average molecular weight is 263 g/mol. The van der Waals surface area contributed by atoms with Crippen molar-refractivity contribution >= 4 is 21.7 Å². The number of hydrogen-bond donors (Lipinski definition) is 0. The van der Waals surface area contributed by atoms with Crippen LogP contribution in [0.3, 0.4) is 0 Å². The van der Waals surface area contributed by atoms with E-state index in [9.17, 15) is 13.6 Å². The lowest BCUT2D eigenvalue weighted by Gasteiger charge is -2.14. The maximum absolute atomic E-state index is 13.3. The van der Waals surface area contributed by atoms with Gasteiger partial charge in [-0.1, -0.05) is 28.1 Å². The third-order valence-electron chi connectivity index (χ3n) is 1.72. The highest BCUT2D eigenvalue weighted by molar-refractivity contribution is 9.10. The van der Waals surface area contributed by atoms with Crippen LogP contribution in [0.4, 0.5) is 8.78 Å². The molecule has 0 radical (unpaired) electrons. The van der Waals surface area contributed by atoms with Crippen LogP contribution in [-0.2, 0) is 10.7 Å². The van der Waals surface area contributed by atoms with Crippen LogP contribution in [0, 0.1) is 0 Å². The summed E-state index contributed by atoms with van der Waals surface area (Å²) in [6.45, 7) is 1.16. The van der Waals surface area contributed by atoms with Gasteiger partial charge in [0, 0.05) is 10.0 Å². The van der Waals surface area contributed by atoms with E-state index in [4.69, 9.17) is 0 Å². The number of carbonyl (C=O) groups excluding carboxylic acids is 1. The van der Waals surface area contributed by atoms with Gasteiger partial charge >= 0.3 is 0 Å². The van der Waals surface area contributed by atoms with Crippen LogP contribution in [0.2, 0.25) is 0 Å². The molecule has 0 bridgehead atoms. The minimum atomic E-state index is -3.07. The molecule has 4 heteroatoms. The van der Waals surface area contributed by atoms with Crippen LogP contribution in [0.1, 0.15) is 18.9 Å². The Kier molecular flexibility index (Phi) is 3.37. The second-order valence-electron chi connectivity index (χ2n) is 3.09. The molecule has 0 N–H and O–H groups in total. The minimum absolute atomic E-state index is 0.137. The quantitative estimate of drug-likeness (QED) is 0.815. The van der Waals surface area contributed by atoms with E-state index in [0.717, 1.165) is 6.92 Å². The van der Waals surface area contributed by atoms with Gasteiger partial charge in [0.2, 0.25) is 0 Å². The van der Waals surface area contributed by atoms with Gasteiger partial charge in [-0.25, -0.2) is 8.78 Å². The lowest BCUT2D eigenvalue weighted by molar-refractivity contribution is -0.124. The number of halogens is 3. The molecule has 0 aliphatic rings.